The van der Waals surface area contributed by atoms with Crippen molar-refractivity contribution in [2.45, 2.75) is 26.8 Å². The van der Waals surface area contributed by atoms with Crippen LogP contribution in [0.5, 0.6) is 0 Å². The van der Waals surface area contributed by atoms with Crippen LogP contribution >= 0.6 is 0 Å². The monoisotopic (exact) mass is 316 g/mol. The summed E-state index contributed by atoms with van der Waals surface area (Å²) in [5.41, 5.74) is 1.91. The maximum Gasteiger partial charge on any atom is 0.244 e. The molecule has 23 heavy (non-hydrogen) atoms. The minimum Gasteiger partial charge on any atom is -0.351 e. The molecule has 0 spiro atoms. The van der Waals surface area contributed by atoms with E-state index in [2.05, 4.69) is 33.9 Å². The molecule has 1 saturated heterocycles. The molecule has 0 bridgehead atoms. The number of carbonyl (C=O) groups is 1. The van der Waals surface area contributed by atoms with Crippen LogP contribution in [0.4, 0.5) is 0 Å². The second kappa shape index (κ2) is 8.79. The SMILES string of the molecule is CCN1CCN(C(C)CNC(=O)C=Cc2ccc(C)nc2)CC1. The Bertz CT molecular complexity index is 518. The Hall–Kier alpha value is -1.72. The molecule has 0 aliphatic carbocycles. The van der Waals surface area contributed by atoms with Crippen molar-refractivity contribution in [2.75, 3.05) is 39.3 Å². The third kappa shape index (κ3) is 5.77. The first-order valence-corrected chi connectivity index (χ1v) is 8.43. The summed E-state index contributed by atoms with van der Waals surface area (Å²) in [7, 11) is 0. The number of hydrogen-bond acceptors (Lipinski definition) is 4. The average Bonchev–Trinajstić information content (AvgIpc) is 2.59. The van der Waals surface area contributed by atoms with Crippen LogP contribution < -0.4 is 5.32 Å². The van der Waals surface area contributed by atoms with E-state index >= 15 is 0 Å². The number of piperazine rings is 1. The minimum atomic E-state index is -0.0513. The van der Waals surface area contributed by atoms with E-state index in [1.54, 1.807) is 18.3 Å². The van der Waals surface area contributed by atoms with Crippen LogP contribution in [0.1, 0.15) is 25.1 Å². The van der Waals surface area contributed by atoms with Crippen LogP contribution in [0.25, 0.3) is 6.08 Å². The van der Waals surface area contributed by atoms with Crippen LogP contribution in [0, 0.1) is 6.92 Å². The van der Waals surface area contributed by atoms with E-state index in [-0.39, 0.29) is 5.91 Å². The molecule has 1 aromatic rings. The van der Waals surface area contributed by atoms with Gasteiger partial charge in [0, 0.05) is 56.7 Å². The van der Waals surface area contributed by atoms with Gasteiger partial charge < -0.3 is 10.2 Å². The molecule has 0 aromatic carbocycles. The number of nitrogens with zero attached hydrogens (tertiary/aromatic N) is 3. The molecule has 1 aliphatic rings. The van der Waals surface area contributed by atoms with Crippen molar-refractivity contribution < 1.29 is 4.79 Å². The number of rotatable bonds is 6. The van der Waals surface area contributed by atoms with Gasteiger partial charge in [0.25, 0.3) is 0 Å². The quantitative estimate of drug-likeness (QED) is 0.809. The Morgan fingerprint density at radius 3 is 2.70 bits per heavy atom. The molecule has 1 unspecified atom stereocenters. The van der Waals surface area contributed by atoms with Gasteiger partial charge in [0.2, 0.25) is 5.91 Å². The number of aryl methyl sites for hydroxylation is 1. The van der Waals surface area contributed by atoms with E-state index in [1.807, 2.05) is 19.1 Å². The van der Waals surface area contributed by atoms with Gasteiger partial charge in [0.05, 0.1) is 0 Å². The predicted octanol–water partition coefficient (Wildman–Crippen LogP) is 1.55. The van der Waals surface area contributed by atoms with Crippen molar-refractivity contribution in [3.63, 3.8) is 0 Å². The van der Waals surface area contributed by atoms with Crippen molar-refractivity contribution in [1.82, 2.24) is 20.1 Å². The Kier molecular flexibility index (Phi) is 6.74. The van der Waals surface area contributed by atoms with Gasteiger partial charge >= 0.3 is 0 Å². The topological polar surface area (TPSA) is 48.5 Å². The van der Waals surface area contributed by atoms with E-state index < -0.39 is 0 Å². The molecule has 1 aliphatic heterocycles. The summed E-state index contributed by atoms with van der Waals surface area (Å²) in [6.45, 7) is 12.5. The zero-order valence-corrected chi connectivity index (χ0v) is 14.5. The number of aromatic nitrogens is 1. The van der Waals surface area contributed by atoms with Gasteiger partial charge in [-0.2, -0.15) is 0 Å². The molecule has 2 rings (SSSR count). The second-order valence-electron chi connectivity index (χ2n) is 6.13. The first kappa shape index (κ1) is 17.6. The van der Waals surface area contributed by atoms with E-state index in [9.17, 15) is 4.79 Å². The highest BCUT2D eigenvalue weighted by Gasteiger charge is 2.20. The van der Waals surface area contributed by atoms with Crippen LogP contribution in [0.3, 0.4) is 0 Å². The van der Waals surface area contributed by atoms with E-state index in [0.717, 1.165) is 44.0 Å². The molecular formula is C18H28N4O. The third-order valence-corrected chi connectivity index (χ3v) is 4.41. The highest BCUT2D eigenvalue weighted by molar-refractivity contribution is 5.91. The van der Waals surface area contributed by atoms with Crippen LogP contribution in [0.15, 0.2) is 24.4 Å². The number of likely N-dealkylation sites (N-methyl/N-ethyl adjacent to an activating group) is 1. The fourth-order valence-corrected chi connectivity index (χ4v) is 2.71. The molecule has 1 N–H and O–H groups in total. The lowest BCUT2D eigenvalue weighted by molar-refractivity contribution is -0.116. The molecule has 126 valence electrons. The molecule has 0 saturated carbocycles. The van der Waals surface area contributed by atoms with E-state index in [4.69, 9.17) is 0 Å². The number of carbonyl (C=O) groups excluding carboxylic acids is 1. The normalized spacial score (nSPS) is 18.2. The maximum atomic E-state index is 11.9. The number of nitrogens with one attached hydrogen (secondary N) is 1. The lowest BCUT2D eigenvalue weighted by atomic mass is 10.2. The molecule has 1 aromatic heterocycles. The average molecular weight is 316 g/mol. The Balaban J connectivity index is 1.72. The third-order valence-electron chi connectivity index (χ3n) is 4.41. The first-order chi connectivity index (χ1) is 11.1. The standard InChI is InChI=1S/C18H28N4O/c1-4-21-9-11-22(12-10-21)16(3)13-20-18(23)8-7-17-6-5-15(2)19-14-17/h5-8,14,16H,4,9-13H2,1-3H3,(H,20,23). The second-order valence-corrected chi connectivity index (χ2v) is 6.13. The van der Waals surface area contributed by atoms with Gasteiger partial charge in [0.15, 0.2) is 0 Å². The largest absolute Gasteiger partial charge is 0.351 e. The fourth-order valence-electron chi connectivity index (χ4n) is 2.71. The highest BCUT2D eigenvalue weighted by atomic mass is 16.1. The van der Waals surface area contributed by atoms with Crippen LogP contribution in [-0.2, 0) is 4.79 Å². The Labute approximate surface area is 139 Å². The lowest BCUT2D eigenvalue weighted by Gasteiger charge is -2.37. The summed E-state index contributed by atoms with van der Waals surface area (Å²) in [6, 6.07) is 4.27. The maximum absolute atomic E-state index is 11.9. The van der Waals surface area contributed by atoms with Crippen molar-refractivity contribution in [3.8, 4) is 0 Å². The fraction of sp³-hybridized carbons (Fsp3) is 0.556. The van der Waals surface area contributed by atoms with Crippen molar-refractivity contribution >= 4 is 12.0 Å². The molecule has 5 nitrogen and oxygen atoms in total. The Morgan fingerprint density at radius 2 is 2.09 bits per heavy atom. The molecule has 0 radical (unpaired) electrons. The smallest absolute Gasteiger partial charge is 0.244 e. The molecule has 1 fully saturated rings. The van der Waals surface area contributed by atoms with Gasteiger partial charge in [-0.3, -0.25) is 14.7 Å². The van der Waals surface area contributed by atoms with Gasteiger partial charge in [0.1, 0.15) is 0 Å². The lowest BCUT2D eigenvalue weighted by Crippen LogP contribution is -2.52. The van der Waals surface area contributed by atoms with Crippen molar-refractivity contribution in [1.29, 1.82) is 0 Å². The van der Waals surface area contributed by atoms with Gasteiger partial charge in [-0.25, -0.2) is 0 Å². The predicted molar refractivity (Wildman–Crippen MR) is 94.2 cm³/mol. The summed E-state index contributed by atoms with van der Waals surface area (Å²) in [5, 5.41) is 2.99. The molecular weight excluding hydrogens is 288 g/mol. The summed E-state index contributed by atoms with van der Waals surface area (Å²) in [6.07, 6.45) is 5.15. The molecule has 1 amide bonds. The van der Waals surface area contributed by atoms with E-state index in [0.29, 0.717) is 12.6 Å². The summed E-state index contributed by atoms with van der Waals surface area (Å²) in [4.78, 5) is 21.0. The van der Waals surface area contributed by atoms with Crippen LogP contribution in [0.2, 0.25) is 0 Å². The highest BCUT2D eigenvalue weighted by Crippen LogP contribution is 2.05. The number of pyridine rings is 1. The molecule has 1 atom stereocenters. The summed E-state index contributed by atoms with van der Waals surface area (Å²) < 4.78 is 0. The number of amides is 1. The zero-order chi connectivity index (χ0) is 16.7. The Morgan fingerprint density at radius 1 is 1.35 bits per heavy atom. The van der Waals surface area contributed by atoms with Gasteiger partial charge in [-0.1, -0.05) is 13.0 Å². The summed E-state index contributed by atoms with van der Waals surface area (Å²) >= 11 is 0. The van der Waals surface area contributed by atoms with Crippen molar-refractivity contribution in [3.05, 3.63) is 35.7 Å². The minimum absolute atomic E-state index is 0.0513. The first-order valence-electron chi connectivity index (χ1n) is 8.43. The van der Waals surface area contributed by atoms with Gasteiger partial charge in [-0.05, 0) is 38.1 Å². The summed E-state index contributed by atoms with van der Waals surface area (Å²) in [5.74, 6) is -0.0513. The van der Waals surface area contributed by atoms with E-state index in [1.165, 1.54) is 0 Å². The van der Waals surface area contributed by atoms with Gasteiger partial charge in [-0.15, -0.1) is 0 Å². The van der Waals surface area contributed by atoms with Crippen molar-refractivity contribution in [2.24, 2.45) is 0 Å². The molecule has 2 heterocycles. The molecule has 5 heteroatoms. The number of hydrogen-bond donors (Lipinski definition) is 1. The zero-order valence-electron chi connectivity index (χ0n) is 14.5. The van der Waals surface area contributed by atoms with Crippen LogP contribution in [-0.4, -0.2) is 66.0 Å².